The van der Waals surface area contributed by atoms with Gasteiger partial charge in [0.2, 0.25) is 0 Å². The van der Waals surface area contributed by atoms with E-state index < -0.39 is 10.9 Å². The lowest BCUT2D eigenvalue weighted by molar-refractivity contribution is -0.385. The summed E-state index contributed by atoms with van der Waals surface area (Å²) in [6.07, 6.45) is 6.43. The van der Waals surface area contributed by atoms with Crippen molar-refractivity contribution in [2.75, 3.05) is 11.9 Å². The highest BCUT2D eigenvalue weighted by molar-refractivity contribution is 5.93. The normalized spacial score (nSPS) is 9.35. The second kappa shape index (κ2) is 5.46. The molecule has 1 aromatic rings. The molecule has 0 unspecified atom stereocenters. The van der Waals surface area contributed by atoms with E-state index in [0.717, 1.165) is 12.3 Å². The van der Waals surface area contributed by atoms with Crippen LogP contribution in [0.4, 0.5) is 11.5 Å². The zero-order chi connectivity index (χ0) is 12.8. The number of hydrogen-bond donors (Lipinski definition) is 2. The lowest BCUT2D eigenvalue weighted by Crippen LogP contribution is -2.09. The average molecular weight is 235 g/mol. The van der Waals surface area contributed by atoms with Gasteiger partial charge in [0.15, 0.2) is 0 Å². The molecular weight excluding hydrogens is 226 g/mol. The van der Waals surface area contributed by atoms with Crippen LogP contribution in [0.2, 0.25) is 0 Å². The van der Waals surface area contributed by atoms with Crippen molar-refractivity contribution < 1.29 is 14.8 Å². The number of terminal acetylenes is 1. The van der Waals surface area contributed by atoms with E-state index in [2.05, 4.69) is 16.2 Å². The van der Waals surface area contributed by atoms with Gasteiger partial charge >= 0.3 is 5.97 Å². The van der Waals surface area contributed by atoms with Crippen LogP contribution in [0.15, 0.2) is 12.3 Å². The van der Waals surface area contributed by atoms with Crippen molar-refractivity contribution in [2.24, 2.45) is 0 Å². The van der Waals surface area contributed by atoms with Gasteiger partial charge in [-0.15, -0.1) is 12.3 Å². The molecule has 0 aliphatic carbocycles. The summed E-state index contributed by atoms with van der Waals surface area (Å²) in [6.45, 7) is 0.349. The van der Waals surface area contributed by atoms with Gasteiger partial charge in [0.25, 0.3) is 5.69 Å². The van der Waals surface area contributed by atoms with Crippen LogP contribution in [0.5, 0.6) is 0 Å². The van der Waals surface area contributed by atoms with Gasteiger partial charge < -0.3 is 10.4 Å². The van der Waals surface area contributed by atoms with E-state index >= 15 is 0 Å². The number of anilines is 1. The van der Waals surface area contributed by atoms with Crippen molar-refractivity contribution in [2.45, 2.75) is 6.42 Å². The van der Waals surface area contributed by atoms with Crippen LogP contribution in [-0.4, -0.2) is 27.5 Å². The molecule has 0 atom stereocenters. The Balaban J connectivity index is 3.01. The predicted octanol–water partition coefficient (Wildman–Crippen LogP) is 1.12. The van der Waals surface area contributed by atoms with Crippen molar-refractivity contribution >= 4 is 17.5 Å². The molecule has 0 fully saturated rings. The Morgan fingerprint density at radius 3 is 2.94 bits per heavy atom. The Kier molecular flexibility index (Phi) is 4.00. The van der Waals surface area contributed by atoms with Gasteiger partial charge in [-0.3, -0.25) is 10.1 Å². The lowest BCUT2D eigenvalue weighted by atomic mass is 10.2. The fraction of sp³-hybridized carbons (Fsp3) is 0.200. The lowest BCUT2D eigenvalue weighted by Gasteiger charge is -2.06. The third-order valence-corrected chi connectivity index (χ3v) is 1.88. The third-order valence-electron chi connectivity index (χ3n) is 1.88. The number of aromatic carboxylic acids is 1. The molecule has 0 aliphatic rings. The summed E-state index contributed by atoms with van der Waals surface area (Å²) >= 11 is 0. The van der Waals surface area contributed by atoms with Crippen molar-refractivity contribution in [3.8, 4) is 12.3 Å². The quantitative estimate of drug-likeness (QED) is 0.343. The highest BCUT2D eigenvalue weighted by atomic mass is 16.6. The van der Waals surface area contributed by atoms with Gasteiger partial charge in [0, 0.05) is 19.0 Å². The molecule has 0 aromatic carbocycles. The minimum atomic E-state index is -1.29. The number of nitrogens with one attached hydrogen (secondary N) is 1. The number of hydrogen-bond acceptors (Lipinski definition) is 5. The van der Waals surface area contributed by atoms with E-state index in [0.29, 0.717) is 13.0 Å². The number of pyridine rings is 1. The minimum absolute atomic E-state index is 0.0679. The minimum Gasteiger partial charge on any atom is -0.478 e. The molecule has 0 bridgehead atoms. The zero-order valence-corrected chi connectivity index (χ0v) is 8.71. The van der Waals surface area contributed by atoms with Crippen LogP contribution in [0, 0.1) is 22.5 Å². The fourth-order valence-electron chi connectivity index (χ4n) is 1.11. The first-order valence-electron chi connectivity index (χ1n) is 4.61. The largest absolute Gasteiger partial charge is 0.478 e. The number of nitrogens with zero attached hydrogens (tertiary/aromatic N) is 2. The number of aromatic nitrogens is 1. The molecule has 0 radical (unpaired) electrons. The van der Waals surface area contributed by atoms with Crippen LogP contribution in [0.1, 0.15) is 16.8 Å². The fourth-order valence-corrected chi connectivity index (χ4v) is 1.11. The molecule has 1 heterocycles. The van der Waals surface area contributed by atoms with Crippen LogP contribution in [0.3, 0.4) is 0 Å². The second-order valence-corrected chi connectivity index (χ2v) is 3.03. The van der Waals surface area contributed by atoms with Gasteiger partial charge in [-0.1, -0.05) is 0 Å². The standard InChI is InChI=1S/C10H9N3O4/c1-2-3-4-11-9-8(10(14)15)5-7(6-12-9)13(16)17/h1,5-6H,3-4H2,(H,11,12)(H,14,15). The molecule has 7 nitrogen and oxygen atoms in total. The van der Waals surface area contributed by atoms with Gasteiger partial charge in [0.1, 0.15) is 17.6 Å². The zero-order valence-electron chi connectivity index (χ0n) is 8.71. The van der Waals surface area contributed by atoms with E-state index in [1.807, 2.05) is 0 Å². The maximum absolute atomic E-state index is 10.9. The molecule has 0 saturated heterocycles. The Morgan fingerprint density at radius 2 is 2.41 bits per heavy atom. The molecule has 17 heavy (non-hydrogen) atoms. The van der Waals surface area contributed by atoms with Crippen LogP contribution < -0.4 is 5.32 Å². The first-order chi connectivity index (χ1) is 8.06. The van der Waals surface area contributed by atoms with Crippen molar-refractivity contribution in [1.82, 2.24) is 4.98 Å². The molecule has 2 N–H and O–H groups in total. The number of carboxylic acid groups (broad SMARTS) is 1. The second-order valence-electron chi connectivity index (χ2n) is 3.03. The average Bonchev–Trinajstić information content (AvgIpc) is 2.29. The van der Waals surface area contributed by atoms with Gasteiger partial charge in [-0.05, 0) is 0 Å². The van der Waals surface area contributed by atoms with Gasteiger partial charge in [0.05, 0.1) is 4.92 Å². The summed E-state index contributed by atoms with van der Waals surface area (Å²) in [5.74, 6) is 1.15. The maximum atomic E-state index is 10.9. The number of carboxylic acids is 1. The molecule has 1 aromatic heterocycles. The molecule has 0 saturated carbocycles. The van der Waals surface area contributed by atoms with Gasteiger partial charge in [-0.2, -0.15) is 0 Å². The highest BCUT2D eigenvalue weighted by Crippen LogP contribution is 2.18. The molecule has 7 heteroatoms. The Morgan fingerprint density at radius 1 is 1.71 bits per heavy atom. The van der Waals surface area contributed by atoms with Crippen molar-refractivity contribution in [3.05, 3.63) is 27.9 Å². The van der Waals surface area contributed by atoms with Gasteiger partial charge in [-0.25, -0.2) is 9.78 Å². The Hall–Kier alpha value is -2.62. The molecule has 0 spiro atoms. The predicted molar refractivity (Wildman–Crippen MR) is 59.8 cm³/mol. The molecule has 88 valence electrons. The first kappa shape index (κ1) is 12.4. The number of nitro groups is 1. The van der Waals surface area contributed by atoms with Crippen molar-refractivity contribution in [3.63, 3.8) is 0 Å². The number of rotatable bonds is 5. The first-order valence-corrected chi connectivity index (χ1v) is 4.61. The smallest absolute Gasteiger partial charge is 0.339 e. The van der Waals surface area contributed by atoms with E-state index in [-0.39, 0.29) is 17.1 Å². The summed E-state index contributed by atoms with van der Waals surface area (Å²) in [4.78, 5) is 24.3. The summed E-state index contributed by atoms with van der Waals surface area (Å²) < 4.78 is 0. The van der Waals surface area contributed by atoms with Crippen LogP contribution in [-0.2, 0) is 0 Å². The summed E-state index contributed by atoms with van der Waals surface area (Å²) in [7, 11) is 0. The third kappa shape index (κ3) is 3.17. The molecule has 0 aliphatic heterocycles. The number of carbonyl (C=O) groups is 1. The summed E-state index contributed by atoms with van der Waals surface area (Å²) in [6, 6.07) is 0.952. The topological polar surface area (TPSA) is 105 Å². The van der Waals surface area contributed by atoms with E-state index in [1.54, 1.807) is 0 Å². The van der Waals surface area contributed by atoms with Crippen LogP contribution >= 0.6 is 0 Å². The van der Waals surface area contributed by atoms with Crippen LogP contribution in [0.25, 0.3) is 0 Å². The highest BCUT2D eigenvalue weighted by Gasteiger charge is 2.16. The maximum Gasteiger partial charge on any atom is 0.339 e. The summed E-state index contributed by atoms with van der Waals surface area (Å²) in [5, 5.41) is 22.1. The Labute approximate surface area is 96.6 Å². The van der Waals surface area contributed by atoms with E-state index in [1.165, 1.54) is 0 Å². The monoisotopic (exact) mass is 235 g/mol. The Bertz CT molecular complexity index is 493. The van der Waals surface area contributed by atoms with E-state index in [4.69, 9.17) is 11.5 Å². The molecule has 1 rings (SSSR count). The molecule has 0 amide bonds. The van der Waals surface area contributed by atoms with E-state index in [9.17, 15) is 14.9 Å². The SMILES string of the molecule is C#CCCNc1ncc([N+](=O)[O-])cc1C(=O)O. The van der Waals surface area contributed by atoms with Crippen molar-refractivity contribution in [1.29, 1.82) is 0 Å². The molecular formula is C10H9N3O4. The summed E-state index contributed by atoms with van der Waals surface area (Å²) in [5.41, 5.74) is -0.624.